The Morgan fingerprint density at radius 3 is 2.73 bits per heavy atom. The van der Waals surface area contributed by atoms with Gasteiger partial charge in [0.15, 0.2) is 5.96 Å². The quantitative estimate of drug-likeness (QED) is 0.468. The smallest absolute Gasteiger partial charge is 0.242 e. The first-order chi connectivity index (χ1) is 10.6. The van der Waals surface area contributed by atoms with E-state index in [4.69, 9.17) is 5.73 Å². The molecule has 7 nitrogen and oxygen atoms in total. The summed E-state index contributed by atoms with van der Waals surface area (Å²) in [7, 11) is 0. The zero-order chi connectivity index (χ0) is 15.9. The van der Waals surface area contributed by atoms with Crippen LogP contribution in [0, 0.1) is 5.92 Å². The Kier molecular flexibility index (Phi) is 6.03. The van der Waals surface area contributed by atoms with Crippen molar-refractivity contribution >= 4 is 17.8 Å². The number of guanidine groups is 1. The lowest BCUT2D eigenvalue weighted by atomic mass is 9.95. The largest absolute Gasteiger partial charge is 0.370 e. The molecule has 0 spiro atoms. The molecule has 1 unspecified atom stereocenters. The second-order valence-electron chi connectivity index (χ2n) is 6.14. The minimum Gasteiger partial charge on any atom is -0.370 e. The van der Waals surface area contributed by atoms with Gasteiger partial charge in [0.2, 0.25) is 11.8 Å². The molecule has 1 heterocycles. The molecule has 0 aromatic rings. The molecule has 1 aliphatic carbocycles. The number of hydrogen-bond donors (Lipinski definition) is 3. The number of amides is 2. The lowest BCUT2D eigenvalue weighted by Gasteiger charge is -2.34. The van der Waals surface area contributed by atoms with Crippen LogP contribution in [-0.2, 0) is 9.59 Å². The van der Waals surface area contributed by atoms with Crippen LogP contribution in [0.4, 0.5) is 0 Å². The van der Waals surface area contributed by atoms with Gasteiger partial charge >= 0.3 is 0 Å². The van der Waals surface area contributed by atoms with Gasteiger partial charge in [-0.2, -0.15) is 0 Å². The first-order valence-electron chi connectivity index (χ1n) is 8.19. The molecule has 0 aromatic heterocycles. The van der Waals surface area contributed by atoms with E-state index in [0.29, 0.717) is 12.5 Å². The fourth-order valence-corrected chi connectivity index (χ4v) is 2.78. The third-order valence-electron chi connectivity index (χ3n) is 3.96. The van der Waals surface area contributed by atoms with E-state index in [9.17, 15) is 9.59 Å². The SMILES string of the molecule is CCNC(=NCC(=O)NC1CC1)N1CCCC(CC(N)=O)C1. The summed E-state index contributed by atoms with van der Waals surface area (Å²) in [6, 6.07) is 0.361. The van der Waals surface area contributed by atoms with Crippen LogP contribution in [-0.4, -0.2) is 54.9 Å². The maximum Gasteiger partial charge on any atom is 0.242 e. The zero-order valence-electron chi connectivity index (χ0n) is 13.3. The fourth-order valence-electron chi connectivity index (χ4n) is 2.78. The van der Waals surface area contributed by atoms with Crippen LogP contribution in [0.5, 0.6) is 0 Å². The van der Waals surface area contributed by atoms with Crippen molar-refractivity contribution in [2.75, 3.05) is 26.2 Å². The molecule has 1 saturated heterocycles. The molecule has 1 atom stereocenters. The van der Waals surface area contributed by atoms with Gasteiger partial charge in [-0.05, 0) is 38.5 Å². The Morgan fingerprint density at radius 2 is 2.09 bits per heavy atom. The number of aliphatic imine (C=N–C) groups is 1. The number of primary amides is 1. The lowest BCUT2D eigenvalue weighted by molar-refractivity contribution is -0.120. The summed E-state index contributed by atoms with van der Waals surface area (Å²) in [6.45, 7) is 4.56. The number of piperidine rings is 1. The van der Waals surface area contributed by atoms with E-state index in [1.54, 1.807) is 0 Å². The predicted molar refractivity (Wildman–Crippen MR) is 85.3 cm³/mol. The lowest BCUT2D eigenvalue weighted by Crippen LogP contribution is -2.47. The fraction of sp³-hybridized carbons (Fsp3) is 0.800. The van der Waals surface area contributed by atoms with E-state index < -0.39 is 0 Å². The molecule has 2 fully saturated rings. The van der Waals surface area contributed by atoms with E-state index in [2.05, 4.69) is 20.5 Å². The maximum atomic E-state index is 11.8. The molecule has 0 bridgehead atoms. The predicted octanol–water partition coefficient (Wildman–Crippen LogP) is -0.182. The first-order valence-corrected chi connectivity index (χ1v) is 8.19. The third-order valence-corrected chi connectivity index (χ3v) is 3.96. The number of likely N-dealkylation sites (tertiary alicyclic amines) is 1. The molecule has 22 heavy (non-hydrogen) atoms. The number of carbonyl (C=O) groups is 2. The van der Waals surface area contributed by atoms with Gasteiger partial charge in [0.05, 0.1) is 0 Å². The van der Waals surface area contributed by atoms with Crippen LogP contribution in [0.25, 0.3) is 0 Å². The van der Waals surface area contributed by atoms with Crippen LogP contribution >= 0.6 is 0 Å². The molecule has 124 valence electrons. The van der Waals surface area contributed by atoms with Crippen LogP contribution in [0.1, 0.15) is 39.0 Å². The minimum atomic E-state index is -0.252. The van der Waals surface area contributed by atoms with Crippen LogP contribution in [0.2, 0.25) is 0 Å². The van der Waals surface area contributed by atoms with Crippen molar-refractivity contribution < 1.29 is 9.59 Å². The molecule has 1 aliphatic heterocycles. The normalized spacial score (nSPS) is 22.3. The van der Waals surface area contributed by atoms with E-state index in [-0.39, 0.29) is 24.3 Å². The zero-order valence-corrected chi connectivity index (χ0v) is 13.3. The number of hydrogen-bond acceptors (Lipinski definition) is 3. The second-order valence-corrected chi connectivity index (χ2v) is 6.14. The van der Waals surface area contributed by atoms with Gasteiger partial charge in [-0.15, -0.1) is 0 Å². The van der Waals surface area contributed by atoms with Gasteiger partial charge in [0, 0.05) is 32.1 Å². The summed E-state index contributed by atoms with van der Waals surface area (Å²) in [6.07, 6.45) is 4.60. The summed E-state index contributed by atoms with van der Waals surface area (Å²) in [5.74, 6) is 0.749. The topological polar surface area (TPSA) is 99.8 Å². The Morgan fingerprint density at radius 1 is 1.32 bits per heavy atom. The maximum absolute atomic E-state index is 11.8. The summed E-state index contributed by atoms with van der Waals surface area (Å²) in [4.78, 5) is 29.4. The Labute approximate surface area is 131 Å². The van der Waals surface area contributed by atoms with E-state index in [0.717, 1.165) is 51.3 Å². The van der Waals surface area contributed by atoms with Crippen molar-refractivity contribution in [2.24, 2.45) is 16.6 Å². The van der Waals surface area contributed by atoms with Gasteiger partial charge in [-0.3, -0.25) is 9.59 Å². The Balaban J connectivity index is 1.89. The summed E-state index contributed by atoms with van der Waals surface area (Å²) >= 11 is 0. The number of carbonyl (C=O) groups excluding carboxylic acids is 2. The number of nitrogens with two attached hydrogens (primary N) is 1. The van der Waals surface area contributed by atoms with Gasteiger partial charge in [-0.25, -0.2) is 4.99 Å². The second kappa shape index (κ2) is 8.00. The first kappa shape index (κ1) is 16.6. The highest BCUT2D eigenvalue weighted by molar-refractivity contribution is 5.85. The minimum absolute atomic E-state index is 0.0244. The molecule has 0 aromatic carbocycles. The van der Waals surface area contributed by atoms with Crippen LogP contribution < -0.4 is 16.4 Å². The molecule has 7 heteroatoms. The van der Waals surface area contributed by atoms with Crippen molar-refractivity contribution in [1.29, 1.82) is 0 Å². The standard InChI is InChI=1S/C15H27N5O2/c1-2-17-15(18-9-14(22)19-12-5-6-12)20-7-3-4-11(10-20)8-13(16)21/h11-12H,2-10H2,1H3,(H2,16,21)(H,17,18)(H,19,22). The monoisotopic (exact) mass is 309 g/mol. The Hall–Kier alpha value is -1.79. The van der Waals surface area contributed by atoms with E-state index in [1.807, 2.05) is 6.92 Å². The Bertz CT molecular complexity index is 434. The number of nitrogens with zero attached hydrogens (tertiary/aromatic N) is 2. The summed E-state index contributed by atoms with van der Waals surface area (Å²) in [5, 5.41) is 6.17. The molecule has 2 amide bonds. The number of nitrogens with one attached hydrogen (secondary N) is 2. The van der Waals surface area contributed by atoms with E-state index in [1.165, 1.54) is 0 Å². The van der Waals surface area contributed by atoms with Gasteiger partial charge < -0.3 is 21.3 Å². The molecule has 4 N–H and O–H groups in total. The highest BCUT2D eigenvalue weighted by Crippen LogP contribution is 2.20. The van der Waals surface area contributed by atoms with Crippen molar-refractivity contribution in [3.8, 4) is 0 Å². The van der Waals surface area contributed by atoms with Crippen molar-refractivity contribution in [1.82, 2.24) is 15.5 Å². The van der Waals surface area contributed by atoms with E-state index >= 15 is 0 Å². The highest BCUT2D eigenvalue weighted by Gasteiger charge is 2.25. The van der Waals surface area contributed by atoms with Crippen molar-refractivity contribution in [3.63, 3.8) is 0 Å². The molecule has 2 rings (SSSR count). The van der Waals surface area contributed by atoms with Gasteiger partial charge in [0.1, 0.15) is 6.54 Å². The summed E-state index contributed by atoms with van der Waals surface area (Å²) in [5.41, 5.74) is 5.30. The molecule has 0 radical (unpaired) electrons. The van der Waals surface area contributed by atoms with Gasteiger partial charge in [-0.1, -0.05) is 0 Å². The molecular formula is C15H27N5O2. The molecule has 1 saturated carbocycles. The van der Waals surface area contributed by atoms with Crippen LogP contribution in [0.15, 0.2) is 4.99 Å². The average molecular weight is 309 g/mol. The van der Waals surface area contributed by atoms with Crippen molar-refractivity contribution in [3.05, 3.63) is 0 Å². The van der Waals surface area contributed by atoms with Crippen molar-refractivity contribution in [2.45, 2.75) is 45.1 Å². The molecule has 2 aliphatic rings. The van der Waals surface area contributed by atoms with Crippen LogP contribution in [0.3, 0.4) is 0 Å². The van der Waals surface area contributed by atoms with Gasteiger partial charge in [0.25, 0.3) is 0 Å². The average Bonchev–Trinajstić information content (AvgIpc) is 3.27. The highest BCUT2D eigenvalue weighted by atomic mass is 16.2. The third kappa shape index (κ3) is 5.54. The number of rotatable bonds is 6. The summed E-state index contributed by atoms with van der Waals surface area (Å²) < 4.78 is 0. The molecular weight excluding hydrogens is 282 g/mol.